The van der Waals surface area contributed by atoms with Gasteiger partial charge in [-0.15, -0.1) is 0 Å². The Balaban J connectivity index is 2.95. The molecule has 0 saturated carbocycles. The van der Waals surface area contributed by atoms with E-state index in [1.54, 1.807) is 0 Å². The first-order chi connectivity index (χ1) is 6.77. The monoisotopic (exact) mass is 185 g/mol. The minimum atomic E-state index is 0.966. The van der Waals surface area contributed by atoms with Gasteiger partial charge < -0.3 is 0 Å². The van der Waals surface area contributed by atoms with Crippen LogP contribution in [0.25, 0.3) is 0 Å². The highest BCUT2D eigenvalue weighted by Gasteiger charge is 1.98. The van der Waals surface area contributed by atoms with Crippen molar-refractivity contribution in [2.45, 2.75) is 20.3 Å². The Bertz CT molecular complexity index is 336. The van der Waals surface area contributed by atoms with Crippen molar-refractivity contribution in [3.05, 3.63) is 42.1 Å². The Hall–Kier alpha value is -1.31. The van der Waals surface area contributed by atoms with Crippen molar-refractivity contribution >= 4 is 19.0 Å². The maximum Gasteiger partial charge on any atom is 0.139 e. The van der Waals surface area contributed by atoms with Crippen LogP contribution in [0.3, 0.4) is 0 Å². The average Bonchev–Trinajstić information content (AvgIpc) is 2.21. The Morgan fingerprint density at radius 1 is 1.36 bits per heavy atom. The summed E-state index contributed by atoms with van der Waals surface area (Å²) in [7, 11) is 2.10. The number of hydrogen-bond acceptors (Lipinski definition) is 1. The third-order valence-electron chi connectivity index (χ3n) is 2.10. The zero-order valence-corrected chi connectivity index (χ0v) is 9.12. The second-order valence-corrected chi connectivity index (χ2v) is 3.28. The van der Waals surface area contributed by atoms with Crippen LogP contribution in [0.1, 0.15) is 25.8 Å². The van der Waals surface area contributed by atoms with Gasteiger partial charge in [-0.2, -0.15) is 0 Å². The smallest absolute Gasteiger partial charge is 0.139 e. The second kappa shape index (κ2) is 5.43. The van der Waals surface area contributed by atoms with Crippen LogP contribution in [0.2, 0.25) is 0 Å². The van der Waals surface area contributed by atoms with Gasteiger partial charge in [-0.05, 0) is 18.9 Å². The molecule has 0 aliphatic rings. The number of nitrogens with zero attached hydrogens (tertiary/aromatic N) is 1. The lowest BCUT2D eigenvalue weighted by atomic mass is 9.94. The van der Waals surface area contributed by atoms with Gasteiger partial charge in [0.15, 0.2) is 0 Å². The van der Waals surface area contributed by atoms with Crippen LogP contribution >= 0.6 is 0 Å². The highest BCUT2D eigenvalue weighted by atomic mass is 14.7. The summed E-state index contributed by atoms with van der Waals surface area (Å²) in [6.07, 6.45) is 4.76. The highest BCUT2D eigenvalue weighted by Crippen LogP contribution is 2.03. The number of hydrogen-bond donors (Lipinski definition) is 0. The molecule has 0 saturated heterocycles. The molecule has 0 aliphatic carbocycles. The van der Waals surface area contributed by atoms with Crippen LogP contribution in [0.4, 0.5) is 0 Å². The minimum Gasteiger partial charge on any atom is -0.261 e. The molecule has 0 radical (unpaired) electrons. The highest BCUT2D eigenvalue weighted by molar-refractivity contribution is 6.32. The van der Waals surface area contributed by atoms with E-state index in [4.69, 9.17) is 0 Å². The number of aliphatic imine (C=N–C) groups is 1. The van der Waals surface area contributed by atoms with Crippen LogP contribution in [0.5, 0.6) is 0 Å². The molecule has 0 aromatic heterocycles. The summed E-state index contributed by atoms with van der Waals surface area (Å²) in [6, 6.07) is 8.49. The minimum absolute atomic E-state index is 0.966. The Morgan fingerprint density at radius 2 is 2.00 bits per heavy atom. The summed E-state index contributed by atoms with van der Waals surface area (Å²) in [6.45, 7) is 4.11. The first-order valence-electron chi connectivity index (χ1n) is 5.02. The summed E-state index contributed by atoms with van der Waals surface area (Å²) in [5.74, 6) is 0. The predicted molar refractivity (Wildman–Crippen MR) is 66.3 cm³/mol. The van der Waals surface area contributed by atoms with Crippen LogP contribution in [-0.4, -0.2) is 13.6 Å². The topological polar surface area (TPSA) is 12.4 Å². The molecule has 1 aromatic rings. The summed E-state index contributed by atoms with van der Waals surface area (Å²) in [5.41, 5.74) is 3.65. The standard InChI is InChI=1S/C12H16BN/c1-3-9-14-12(4-2)10-5-7-11(13)8-6-10/h3,5-9H,4,13H2,1-2H3/b9-3-,14-12-. The zero-order valence-electron chi connectivity index (χ0n) is 9.12. The molecule has 1 aromatic carbocycles. The van der Waals surface area contributed by atoms with Crippen molar-refractivity contribution in [1.29, 1.82) is 0 Å². The van der Waals surface area contributed by atoms with E-state index in [2.05, 4.69) is 44.0 Å². The van der Waals surface area contributed by atoms with E-state index in [1.807, 2.05) is 19.2 Å². The molecule has 0 spiro atoms. The maximum atomic E-state index is 4.40. The van der Waals surface area contributed by atoms with Crippen molar-refractivity contribution in [3.63, 3.8) is 0 Å². The summed E-state index contributed by atoms with van der Waals surface area (Å²) < 4.78 is 0. The summed E-state index contributed by atoms with van der Waals surface area (Å²) in [4.78, 5) is 4.40. The SMILES string of the molecule is Bc1ccc(/C(CC)=N\C=C/C)cc1. The van der Waals surface area contributed by atoms with E-state index in [1.165, 1.54) is 11.0 Å². The molecule has 0 aliphatic heterocycles. The van der Waals surface area contributed by atoms with Crippen LogP contribution in [0, 0.1) is 0 Å². The quantitative estimate of drug-likeness (QED) is 0.501. The summed E-state index contributed by atoms with van der Waals surface area (Å²) in [5, 5.41) is 0. The molecule has 0 unspecified atom stereocenters. The molecule has 1 nitrogen and oxygen atoms in total. The van der Waals surface area contributed by atoms with Crippen molar-refractivity contribution in [1.82, 2.24) is 0 Å². The molecular weight excluding hydrogens is 169 g/mol. The van der Waals surface area contributed by atoms with Crippen LogP contribution in [-0.2, 0) is 0 Å². The molecule has 0 fully saturated rings. The second-order valence-electron chi connectivity index (χ2n) is 3.28. The van der Waals surface area contributed by atoms with E-state index in [0.29, 0.717) is 0 Å². The lowest BCUT2D eigenvalue weighted by molar-refractivity contribution is 1.26. The van der Waals surface area contributed by atoms with Crippen molar-refractivity contribution < 1.29 is 0 Å². The van der Waals surface area contributed by atoms with Crippen molar-refractivity contribution in [3.8, 4) is 0 Å². The van der Waals surface area contributed by atoms with Gasteiger partial charge >= 0.3 is 0 Å². The molecule has 0 N–H and O–H groups in total. The fourth-order valence-corrected chi connectivity index (χ4v) is 1.28. The lowest BCUT2D eigenvalue weighted by Gasteiger charge is -2.02. The molecule has 14 heavy (non-hydrogen) atoms. The van der Waals surface area contributed by atoms with Crippen molar-refractivity contribution in [2.24, 2.45) is 4.99 Å². The predicted octanol–water partition coefficient (Wildman–Crippen LogP) is 1.68. The van der Waals surface area contributed by atoms with E-state index in [-0.39, 0.29) is 0 Å². The normalized spacial score (nSPS) is 12.3. The van der Waals surface area contributed by atoms with E-state index in [9.17, 15) is 0 Å². The molecule has 72 valence electrons. The molecule has 0 atom stereocenters. The van der Waals surface area contributed by atoms with E-state index >= 15 is 0 Å². The first-order valence-corrected chi connectivity index (χ1v) is 5.02. The molecule has 0 amide bonds. The van der Waals surface area contributed by atoms with Gasteiger partial charge in [0.2, 0.25) is 0 Å². The van der Waals surface area contributed by atoms with Gasteiger partial charge in [0, 0.05) is 11.9 Å². The third-order valence-corrected chi connectivity index (χ3v) is 2.10. The zero-order chi connectivity index (χ0) is 10.4. The average molecular weight is 185 g/mol. The van der Waals surface area contributed by atoms with Crippen molar-refractivity contribution in [2.75, 3.05) is 0 Å². The van der Waals surface area contributed by atoms with Gasteiger partial charge in [0.1, 0.15) is 7.85 Å². The van der Waals surface area contributed by atoms with Gasteiger partial charge in [-0.3, -0.25) is 4.99 Å². The number of rotatable bonds is 3. The van der Waals surface area contributed by atoms with Gasteiger partial charge in [-0.25, -0.2) is 0 Å². The van der Waals surface area contributed by atoms with Crippen LogP contribution < -0.4 is 5.46 Å². The summed E-state index contributed by atoms with van der Waals surface area (Å²) >= 11 is 0. The largest absolute Gasteiger partial charge is 0.261 e. The maximum absolute atomic E-state index is 4.40. The molecular formula is C12H16BN. The third kappa shape index (κ3) is 2.88. The fourth-order valence-electron chi connectivity index (χ4n) is 1.28. The molecule has 1 rings (SSSR count). The molecule has 0 bridgehead atoms. The van der Waals surface area contributed by atoms with Gasteiger partial charge in [-0.1, -0.05) is 42.7 Å². The fraction of sp³-hybridized carbons (Fsp3) is 0.250. The molecule has 2 heteroatoms. The van der Waals surface area contributed by atoms with E-state index in [0.717, 1.165) is 12.1 Å². The van der Waals surface area contributed by atoms with Gasteiger partial charge in [0.05, 0.1) is 0 Å². The molecule has 0 heterocycles. The Kier molecular flexibility index (Phi) is 4.18. The van der Waals surface area contributed by atoms with Gasteiger partial charge in [0.25, 0.3) is 0 Å². The lowest BCUT2D eigenvalue weighted by Crippen LogP contribution is -2.04. The number of benzene rings is 1. The Labute approximate surface area is 87.0 Å². The Morgan fingerprint density at radius 3 is 2.50 bits per heavy atom. The first kappa shape index (κ1) is 10.8. The van der Waals surface area contributed by atoms with Crippen LogP contribution in [0.15, 0.2) is 41.5 Å². The van der Waals surface area contributed by atoms with E-state index < -0.39 is 0 Å². The number of allylic oxidation sites excluding steroid dienone is 1.